The summed E-state index contributed by atoms with van der Waals surface area (Å²) in [4.78, 5) is 15.0. The molecule has 0 amide bonds. The largest absolute Gasteiger partial charge is 0.465 e. The van der Waals surface area contributed by atoms with Gasteiger partial charge in [-0.25, -0.2) is 0 Å². The first-order chi connectivity index (χ1) is 11.0. The van der Waals surface area contributed by atoms with Gasteiger partial charge in [0.25, 0.3) is 0 Å². The van der Waals surface area contributed by atoms with E-state index in [4.69, 9.17) is 4.74 Å². The van der Waals surface area contributed by atoms with Crippen molar-refractivity contribution in [3.63, 3.8) is 0 Å². The minimum absolute atomic E-state index is 0.200. The molecule has 0 bridgehead atoms. The van der Waals surface area contributed by atoms with Crippen molar-refractivity contribution in [2.24, 2.45) is 0 Å². The van der Waals surface area contributed by atoms with E-state index < -0.39 is 5.41 Å². The summed E-state index contributed by atoms with van der Waals surface area (Å²) < 4.78 is 5.60. The average Bonchev–Trinajstić information content (AvgIpc) is 2.59. The Bertz CT molecular complexity index is 569. The fourth-order valence-corrected chi connectivity index (χ4v) is 2.64. The predicted octanol–water partition coefficient (Wildman–Crippen LogP) is 3.49. The van der Waals surface area contributed by atoms with Gasteiger partial charge in [0.2, 0.25) is 0 Å². The second kappa shape index (κ2) is 7.93. The zero-order chi connectivity index (χ0) is 16.7. The quantitative estimate of drug-likeness (QED) is 0.579. The van der Waals surface area contributed by atoms with E-state index >= 15 is 0 Å². The maximum atomic E-state index is 12.9. The van der Waals surface area contributed by atoms with E-state index in [1.54, 1.807) is 0 Å². The SMILES string of the molecule is CN(C)CCCOC(=O)C(C)(c1ccccc1)c1ccccc1. The molecule has 2 rings (SSSR count). The van der Waals surface area contributed by atoms with Crippen LogP contribution in [-0.2, 0) is 14.9 Å². The number of carbonyl (C=O) groups excluding carboxylic acids is 1. The van der Waals surface area contributed by atoms with Crippen molar-refractivity contribution in [1.82, 2.24) is 4.90 Å². The second-order valence-electron chi connectivity index (χ2n) is 6.15. The number of esters is 1. The fourth-order valence-electron chi connectivity index (χ4n) is 2.64. The number of rotatable bonds is 7. The van der Waals surface area contributed by atoms with E-state index in [0.717, 1.165) is 24.1 Å². The number of carbonyl (C=O) groups is 1. The molecule has 0 aliphatic carbocycles. The predicted molar refractivity (Wildman–Crippen MR) is 93.5 cm³/mol. The molecular formula is C20H25NO2. The number of hydrogen-bond acceptors (Lipinski definition) is 3. The van der Waals surface area contributed by atoms with E-state index in [1.165, 1.54) is 0 Å². The molecule has 3 nitrogen and oxygen atoms in total. The summed E-state index contributed by atoms with van der Waals surface area (Å²) in [6, 6.07) is 19.6. The Kier molecular flexibility index (Phi) is 5.94. The molecule has 2 aromatic rings. The molecule has 0 aliphatic heterocycles. The third-order valence-corrected chi connectivity index (χ3v) is 4.09. The number of benzene rings is 2. The number of nitrogens with zero attached hydrogens (tertiary/aromatic N) is 1. The van der Waals surface area contributed by atoms with Gasteiger partial charge in [-0.1, -0.05) is 60.7 Å². The second-order valence-corrected chi connectivity index (χ2v) is 6.15. The van der Waals surface area contributed by atoms with Crippen molar-refractivity contribution in [3.05, 3.63) is 71.8 Å². The van der Waals surface area contributed by atoms with E-state index in [0.29, 0.717) is 6.61 Å². The van der Waals surface area contributed by atoms with Crippen molar-refractivity contribution in [3.8, 4) is 0 Å². The van der Waals surface area contributed by atoms with Gasteiger partial charge in [-0.05, 0) is 38.6 Å². The van der Waals surface area contributed by atoms with Crippen LogP contribution in [-0.4, -0.2) is 38.1 Å². The minimum Gasteiger partial charge on any atom is -0.465 e. The lowest BCUT2D eigenvalue weighted by atomic mass is 9.76. The third-order valence-electron chi connectivity index (χ3n) is 4.09. The molecule has 0 saturated heterocycles. The summed E-state index contributed by atoms with van der Waals surface area (Å²) in [7, 11) is 4.03. The lowest BCUT2D eigenvalue weighted by Crippen LogP contribution is -2.36. The van der Waals surface area contributed by atoms with Crippen molar-refractivity contribution in [1.29, 1.82) is 0 Å². The molecule has 3 heteroatoms. The average molecular weight is 311 g/mol. The van der Waals surface area contributed by atoms with E-state index in [1.807, 2.05) is 81.7 Å². The monoisotopic (exact) mass is 311 g/mol. The highest BCUT2D eigenvalue weighted by Crippen LogP contribution is 2.33. The summed E-state index contributed by atoms with van der Waals surface area (Å²) in [5.41, 5.74) is 1.10. The Hall–Kier alpha value is -2.13. The van der Waals surface area contributed by atoms with Gasteiger partial charge in [0, 0.05) is 6.54 Å². The molecule has 0 N–H and O–H groups in total. The van der Waals surface area contributed by atoms with Gasteiger partial charge in [-0.2, -0.15) is 0 Å². The van der Waals surface area contributed by atoms with Crippen molar-refractivity contribution < 1.29 is 9.53 Å². The molecule has 0 aromatic heterocycles. The van der Waals surface area contributed by atoms with Crippen LogP contribution in [0.5, 0.6) is 0 Å². The molecule has 122 valence electrons. The Balaban J connectivity index is 2.23. The van der Waals surface area contributed by atoms with Crippen LogP contribution in [0.4, 0.5) is 0 Å². The van der Waals surface area contributed by atoms with Crippen LogP contribution < -0.4 is 0 Å². The first kappa shape index (κ1) is 17.2. The van der Waals surface area contributed by atoms with Crippen LogP contribution in [0.2, 0.25) is 0 Å². The molecule has 0 fully saturated rings. The molecule has 2 aromatic carbocycles. The maximum absolute atomic E-state index is 12.9. The smallest absolute Gasteiger partial charge is 0.320 e. The van der Waals surface area contributed by atoms with Gasteiger partial charge < -0.3 is 9.64 Å². The van der Waals surface area contributed by atoms with Crippen LogP contribution in [0.3, 0.4) is 0 Å². The summed E-state index contributed by atoms with van der Waals surface area (Å²) in [6.07, 6.45) is 0.832. The van der Waals surface area contributed by atoms with Crippen molar-refractivity contribution >= 4 is 5.97 Å². The van der Waals surface area contributed by atoms with Crippen LogP contribution in [0, 0.1) is 0 Å². The van der Waals surface area contributed by atoms with Gasteiger partial charge in [0.15, 0.2) is 0 Å². The molecule has 0 spiro atoms. The summed E-state index contributed by atoms with van der Waals surface area (Å²) in [6.45, 7) is 3.28. The van der Waals surface area contributed by atoms with Gasteiger partial charge in [0.05, 0.1) is 6.61 Å². The highest BCUT2D eigenvalue weighted by Gasteiger charge is 2.38. The van der Waals surface area contributed by atoms with Crippen LogP contribution in [0.1, 0.15) is 24.5 Å². The zero-order valence-electron chi connectivity index (χ0n) is 14.2. The molecule has 0 atom stereocenters. The number of hydrogen-bond donors (Lipinski definition) is 0. The Morgan fingerprint density at radius 2 is 1.43 bits per heavy atom. The van der Waals surface area contributed by atoms with Gasteiger partial charge in [-0.15, -0.1) is 0 Å². The van der Waals surface area contributed by atoms with E-state index in [-0.39, 0.29) is 5.97 Å². The van der Waals surface area contributed by atoms with E-state index in [9.17, 15) is 4.79 Å². The Labute approximate surface area is 138 Å². The molecule has 0 heterocycles. The maximum Gasteiger partial charge on any atom is 0.320 e. The minimum atomic E-state index is -0.791. The summed E-state index contributed by atoms with van der Waals surface area (Å²) in [5, 5.41) is 0. The highest BCUT2D eigenvalue weighted by atomic mass is 16.5. The molecule has 0 unspecified atom stereocenters. The molecule has 23 heavy (non-hydrogen) atoms. The number of ether oxygens (including phenoxy) is 1. The molecule has 0 aliphatic rings. The zero-order valence-corrected chi connectivity index (χ0v) is 14.2. The first-order valence-electron chi connectivity index (χ1n) is 7.98. The Morgan fingerprint density at radius 3 is 1.87 bits per heavy atom. The topological polar surface area (TPSA) is 29.5 Å². The molecular weight excluding hydrogens is 286 g/mol. The van der Waals surface area contributed by atoms with Crippen LogP contribution in [0.25, 0.3) is 0 Å². The highest BCUT2D eigenvalue weighted by molar-refractivity contribution is 5.87. The van der Waals surface area contributed by atoms with Crippen LogP contribution in [0.15, 0.2) is 60.7 Å². The van der Waals surface area contributed by atoms with E-state index in [2.05, 4.69) is 4.90 Å². The third kappa shape index (κ3) is 4.20. The normalized spacial score (nSPS) is 11.5. The Morgan fingerprint density at radius 1 is 0.957 bits per heavy atom. The summed E-state index contributed by atoms with van der Waals surface area (Å²) >= 11 is 0. The fraction of sp³-hybridized carbons (Fsp3) is 0.350. The van der Waals surface area contributed by atoms with Gasteiger partial charge in [-0.3, -0.25) is 4.79 Å². The lowest BCUT2D eigenvalue weighted by Gasteiger charge is -2.28. The molecule has 0 radical (unpaired) electrons. The summed E-state index contributed by atoms with van der Waals surface area (Å²) in [5.74, 6) is -0.200. The van der Waals surface area contributed by atoms with Crippen LogP contribution >= 0.6 is 0 Å². The molecule has 0 saturated carbocycles. The van der Waals surface area contributed by atoms with Gasteiger partial charge in [0.1, 0.15) is 5.41 Å². The van der Waals surface area contributed by atoms with Crippen molar-refractivity contribution in [2.75, 3.05) is 27.2 Å². The van der Waals surface area contributed by atoms with Gasteiger partial charge >= 0.3 is 5.97 Å². The first-order valence-corrected chi connectivity index (χ1v) is 7.98. The standard InChI is InChI=1S/C20H25NO2/c1-20(17-11-6-4-7-12-17,18-13-8-5-9-14-18)19(22)23-16-10-15-21(2)3/h4-9,11-14H,10,15-16H2,1-3H3. The van der Waals surface area contributed by atoms with Crippen molar-refractivity contribution in [2.45, 2.75) is 18.8 Å². The lowest BCUT2D eigenvalue weighted by molar-refractivity contribution is -0.148.